The van der Waals surface area contributed by atoms with Crippen LogP contribution in [0.15, 0.2) is 52.9 Å². The van der Waals surface area contributed by atoms with Gasteiger partial charge in [0.15, 0.2) is 5.58 Å². The molecular weight excluding hydrogens is 266 g/mol. The summed E-state index contributed by atoms with van der Waals surface area (Å²) in [4.78, 5) is 2.01. The van der Waals surface area contributed by atoms with Crippen molar-refractivity contribution in [1.29, 1.82) is 0 Å². The highest BCUT2D eigenvalue weighted by molar-refractivity contribution is 5.92. The van der Waals surface area contributed by atoms with Gasteiger partial charge in [-0.3, -0.25) is 0 Å². The van der Waals surface area contributed by atoms with Crippen molar-refractivity contribution in [2.75, 3.05) is 11.9 Å². The molecule has 0 fully saturated rings. The Kier molecular flexibility index (Phi) is 3.64. The van der Waals surface area contributed by atoms with Gasteiger partial charge in [0, 0.05) is 18.1 Å². The number of hydrogen-bond acceptors (Lipinski definition) is 4. The second-order valence-corrected chi connectivity index (χ2v) is 4.96. The fourth-order valence-corrected chi connectivity index (χ4v) is 2.46. The normalized spacial score (nSPS) is 11.0. The zero-order valence-corrected chi connectivity index (χ0v) is 11.8. The molecule has 0 aliphatic rings. The SMILES string of the molecule is CN(c1ccccc1)c1cc(CO)cc2cc(CO)oc12. The van der Waals surface area contributed by atoms with Gasteiger partial charge in [0.1, 0.15) is 12.4 Å². The van der Waals surface area contributed by atoms with Gasteiger partial charge in [0.25, 0.3) is 0 Å². The van der Waals surface area contributed by atoms with Gasteiger partial charge in [-0.05, 0) is 35.9 Å². The maximum Gasteiger partial charge on any atom is 0.158 e. The minimum absolute atomic E-state index is 0.0365. The molecule has 0 spiro atoms. The minimum Gasteiger partial charge on any atom is -0.456 e. The summed E-state index contributed by atoms with van der Waals surface area (Å²) in [5.74, 6) is 0.516. The predicted octanol–water partition coefficient (Wildman–Crippen LogP) is 3.19. The Balaban J connectivity index is 2.17. The summed E-state index contributed by atoms with van der Waals surface area (Å²) < 4.78 is 5.72. The molecule has 21 heavy (non-hydrogen) atoms. The predicted molar refractivity (Wildman–Crippen MR) is 82.6 cm³/mol. The smallest absolute Gasteiger partial charge is 0.158 e. The number of aliphatic hydroxyl groups excluding tert-OH is 2. The van der Waals surface area contributed by atoms with Crippen LogP contribution in [0.1, 0.15) is 11.3 Å². The molecule has 0 aliphatic carbocycles. The lowest BCUT2D eigenvalue weighted by Gasteiger charge is -2.20. The number of aliphatic hydroxyl groups is 2. The molecule has 0 unspecified atom stereocenters. The average molecular weight is 283 g/mol. The van der Waals surface area contributed by atoms with Crippen LogP contribution in [0.5, 0.6) is 0 Å². The maximum atomic E-state index is 9.44. The number of nitrogens with zero attached hydrogens (tertiary/aromatic N) is 1. The summed E-state index contributed by atoms with van der Waals surface area (Å²) >= 11 is 0. The van der Waals surface area contributed by atoms with Crippen LogP contribution in [0.2, 0.25) is 0 Å². The molecule has 0 amide bonds. The molecule has 4 heteroatoms. The minimum atomic E-state index is -0.141. The van der Waals surface area contributed by atoms with E-state index >= 15 is 0 Å². The van der Waals surface area contributed by atoms with Crippen LogP contribution in [0.4, 0.5) is 11.4 Å². The molecule has 0 bridgehead atoms. The standard InChI is InChI=1S/C17H17NO3/c1-18(14-5-3-2-4-6-14)16-8-12(10-19)7-13-9-15(11-20)21-17(13)16/h2-9,19-20H,10-11H2,1H3. The van der Waals surface area contributed by atoms with Gasteiger partial charge in [-0.25, -0.2) is 0 Å². The Morgan fingerprint density at radius 3 is 2.43 bits per heavy atom. The summed E-state index contributed by atoms with van der Waals surface area (Å²) in [6, 6.07) is 15.5. The monoisotopic (exact) mass is 283 g/mol. The van der Waals surface area contributed by atoms with Crippen LogP contribution in [0, 0.1) is 0 Å². The Hall–Kier alpha value is -2.30. The third-order valence-electron chi connectivity index (χ3n) is 3.55. The first-order chi connectivity index (χ1) is 10.2. The van der Waals surface area contributed by atoms with Crippen LogP contribution in [0.3, 0.4) is 0 Å². The van der Waals surface area contributed by atoms with E-state index in [4.69, 9.17) is 4.42 Å². The average Bonchev–Trinajstić information content (AvgIpc) is 2.97. The quantitative estimate of drug-likeness (QED) is 0.772. The number of rotatable bonds is 4. The maximum absolute atomic E-state index is 9.44. The highest BCUT2D eigenvalue weighted by Gasteiger charge is 2.14. The first-order valence-electron chi connectivity index (χ1n) is 6.78. The molecule has 1 aromatic heterocycles. The molecule has 0 radical (unpaired) electrons. The summed E-state index contributed by atoms with van der Waals surface area (Å²) in [5, 5.41) is 19.6. The largest absolute Gasteiger partial charge is 0.456 e. The first kappa shape index (κ1) is 13.7. The van der Waals surface area contributed by atoms with E-state index in [0.29, 0.717) is 11.3 Å². The zero-order valence-electron chi connectivity index (χ0n) is 11.8. The van der Waals surface area contributed by atoms with Crippen molar-refractivity contribution in [2.45, 2.75) is 13.2 Å². The van der Waals surface area contributed by atoms with Crippen molar-refractivity contribution in [1.82, 2.24) is 0 Å². The van der Waals surface area contributed by atoms with E-state index in [-0.39, 0.29) is 13.2 Å². The highest BCUT2D eigenvalue weighted by atomic mass is 16.4. The van der Waals surface area contributed by atoms with Gasteiger partial charge >= 0.3 is 0 Å². The fraction of sp³-hybridized carbons (Fsp3) is 0.176. The molecule has 0 saturated heterocycles. The zero-order chi connectivity index (χ0) is 14.8. The van der Waals surface area contributed by atoms with E-state index in [1.165, 1.54) is 0 Å². The van der Waals surface area contributed by atoms with Crippen molar-refractivity contribution < 1.29 is 14.6 Å². The van der Waals surface area contributed by atoms with Crippen LogP contribution in [-0.2, 0) is 13.2 Å². The second-order valence-electron chi connectivity index (χ2n) is 4.96. The summed E-state index contributed by atoms with van der Waals surface area (Å²) in [7, 11) is 1.95. The van der Waals surface area contributed by atoms with Gasteiger partial charge in [-0.2, -0.15) is 0 Å². The second kappa shape index (κ2) is 5.60. The lowest BCUT2D eigenvalue weighted by Crippen LogP contribution is -2.09. The molecule has 0 saturated carbocycles. The lowest BCUT2D eigenvalue weighted by molar-refractivity contribution is 0.251. The van der Waals surface area contributed by atoms with E-state index in [1.54, 1.807) is 6.07 Å². The lowest BCUT2D eigenvalue weighted by atomic mass is 10.1. The van der Waals surface area contributed by atoms with Crippen LogP contribution in [0.25, 0.3) is 11.0 Å². The number of anilines is 2. The van der Waals surface area contributed by atoms with E-state index in [1.807, 2.05) is 54.4 Å². The Morgan fingerprint density at radius 1 is 1.00 bits per heavy atom. The number of furan rings is 1. The number of fused-ring (bicyclic) bond motifs is 1. The van der Waals surface area contributed by atoms with Crippen LogP contribution in [-0.4, -0.2) is 17.3 Å². The van der Waals surface area contributed by atoms with Crippen LogP contribution < -0.4 is 4.90 Å². The van der Waals surface area contributed by atoms with Crippen molar-refractivity contribution in [3.8, 4) is 0 Å². The highest BCUT2D eigenvalue weighted by Crippen LogP contribution is 2.34. The first-order valence-corrected chi connectivity index (χ1v) is 6.78. The van der Waals surface area contributed by atoms with Gasteiger partial charge < -0.3 is 19.5 Å². The topological polar surface area (TPSA) is 56.8 Å². The summed E-state index contributed by atoms with van der Waals surface area (Å²) in [5.41, 5.74) is 3.41. The molecule has 0 atom stereocenters. The van der Waals surface area contributed by atoms with Crippen molar-refractivity contribution in [3.05, 3.63) is 59.9 Å². The molecule has 0 aliphatic heterocycles. The van der Waals surface area contributed by atoms with Gasteiger partial charge in [-0.1, -0.05) is 18.2 Å². The van der Waals surface area contributed by atoms with Crippen molar-refractivity contribution in [2.24, 2.45) is 0 Å². The molecule has 2 aromatic carbocycles. The van der Waals surface area contributed by atoms with Crippen molar-refractivity contribution >= 4 is 22.3 Å². The molecule has 3 aromatic rings. The molecule has 4 nitrogen and oxygen atoms in total. The molecule has 2 N–H and O–H groups in total. The van der Waals surface area contributed by atoms with Gasteiger partial charge in [0.05, 0.1) is 12.3 Å². The fourth-order valence-electron chi connectivity index (χ4n) is 2.46. The van der Waals surface area contributed by atoms with E-state index in [0.717, 1.165) is 22.3 Å². The van der Waals surface area contributed by atoms with Crippen LogP contribution >= 0.6 is 0 Å². The van der Waals surface area contributed by atoms with Gasteiger partial charge in [0.2, 0.25) is 0 Å². The number of benzene rings is 2. The molecular formula is C17H17NO3. The molecule has 1 heterocycles. The number of hydrogen-bond donors (Lipinski definition) is 2. The van der Waals surface area contributed by atoms with E-state index in [2.05, 4.69) is 0 Å². The summed E-state index contributed by atoms with van der Waals surface area (Å²) in [6.07, 6.45) is 0. The van der Waals surface area contributed by atoms with Gasteiger partial charge in [-0.15, -0.1) is 0 Å². The van der Waals surface area contributed by atoms with E-state index < -0.39 is 0 Å². The van der Waals surface area contributed by atoms with E-state index in [9.17, 15) is 10.2 Å². The summed E-state index contributed by atoms with van der Waals surface area (Å²) in [6.45, 7) is -0.178. The third kappa shape index (κ3) is 2.51. The Bertz CT molecular complexity index is 749. The van der Waals surface area contributed by atoms with Crippen molar-refractivity contribution in [3.63, 3.8) is 0 Å². The molecule has 3 rings (SSSR count). The number of para-hydroxylation sites is 1. The Morgan fingerprint density at radius 2 is 1.76 bits per heavy atom. The third-order valence-corrected chi connectivity index (χ3v) is 3.55. The Labute approximate surface area is 122 Å². The molecule has 108 valence electrons.